The summed E-state index contributed by atoms with van der Waals surface area (Å²) in [6.07, 6.45) is 1.43. The van der Waals surface area contributed by atoms with Gasteiger partial charge >= 0.3 is 12.0 Å². The van der Waals surface area contributed by atoms with Gasteiger partial charge in [-0.3, -0.25) is 14.9 Å². The van der Waals surface area contributed by atoms with Gasteiger partial charge < -0.3 is 34.3 Å². The molecule has 1 aliphatic rings. The summed E-state index contributed by atoms with van der Waals surface area (Å²) in [4.78, 5) is 47.7. The highest BCUT2D eigenvalue weighted by molar-refractivity contribution is 5.95. The van der Waals surface area contributed by atoms with Crippen LogP contribution in [0.1, 0.15) is 43.5 Å². The highest BCUT2D eigenvalue weighted by atomic mass is 16.6. The fraction of sp³-hybridized carbons (Fsp3) is 0.273. The highest BCUT2D eigenvalue weighted by Crippen LogP contribution is 2.35. The van der Waals surface area contributed by atoms with Crippen LogP contribution in [0.4, 0.5) is 10.5 Å². The number of hydrazone groups is 1. The monoisotopic (exact) mass is 661 g/mol. The summed E-state index contributed by atoms with van der Waals surface area (Å²) in [7, 11) is 1.42. The van der Waals surface area contributed by atoms with Crippen molar-refractivity contribution in [2.75, 3.05) is 26.9 Å². The van der Waals surface area contributed by atoms with Crippen LogP contribution in [0.2, 0.25) is 0 Å². The molecule has 4 rings (SSSR count). The van der Waals surface area contributed by atoms with Crippen LogP contribution >= 0.6 is 0 Å². The topological polar surface area (TPSA) is 189 Å². The van der Waals surface area contributed by atoms with Gasteiger partial charge in [-0.15, -0.1) is 0 Å². The Labute approximate surface area is 276 Å². The number of allylic oxidation sites excluding steroid dienone is 1. The average molecular weight is 662 g/mol. The third-order valence-corrected chi connectivity index (χ3v) is 6.86. The van der Waals surface area contributed by atoms with Crippen molar-refractivity contribution >= 4 is 29.8 Å². The second-order valence-electron chi connectivity index (χ2n) is 10.1. The molecule has 1 heterocycles. The standard InChI is InChI=1S/C33H35N5O10/c1-5-45-28-15-22(9-13-26(28)47-18-21-7-11-24(12-8-21)38(42)43)17-34-37-29(39)19-48-25-14-10-23(16-27(25)44-4)31-30(32(40)46-6-2)20(3)35-33(41)36-31/h7-17,31H,5-6,18-19H2,1-4H3,(H,37,39)(H2,35,36,41)/b34-17-/t31-/m0/s1. The summed E-state index contributed by atoms with van der Waals surface area (Å²) < 4.78 is 27.8. The van der Waals surface area contributed by atoms with E-state index in [1.165, 1.54) is 25.5 Å². The summed E-state index contributed by atoms with van der Waals surface area (Å²) in [5.41, 5.74) is 4.93. The zero-order valence-electron chi connectivity index (χ0n) is 26.7. The van der Waals surface area contributed by atoms with E-state index in [4.69, 9.17) is 23.7 Å². The molecule has 0 fully saturated rings. The van der Waals surface area contributed by atoms with E-state index in [9.17, 15) is 24.5 Å². The Balaban J connectivity index is 1.35. The maximum Gasteiger partial charge on any atom is 0.338 e. The molecule has 48 heavy (non-hydrogen) atoms. The Kier molecular flexibility index (Phi) is 11.9. The number of amides is 3. The van der Waals surface area contributed by atoms with Gasteiger partial charge in [0.25, 0.3) is 11.6 Å². The van der Waals surface area contributed by atoms with E-state index < -0.39 is 28.9 Å². The molecule has 0 spiro atoms. The van der Waals surface area contributed by atoms with Gasteiger partial charge in [0.05, 0.1) is 43.1 Å². The third-order valence-electron chi connectivity index (χ3n) is 6.86. The van der Waals surface area contributed by atoms with Crippen LogP contribution in [-0.4, -0.2) is 56.0 Å². The largest absolute Gasteiger partial charge is 0.493 e. The number of hydrogen-bond acceptors (Lipinski definition) is 11. The van der Waals surface area contributed by atoms with Crippen molar-refractivity contribution in [2.24, 2.45) is 5.10 Å². The summed E-state index contributed by atoms with van der Waals surface area (Å²) in [6, 6.07) is 14.7. The van der Waals surface area contributed by atoms with Gasteiger partial charge in [-0.25, -0.2) is 15.0 Å². The Morgan fingerprint density at radius 2 is 1.69 bits per heavy atom. The van der Waals surface area contributed by atoms with Crippen molar-refractivity contribution in [2.45, 2.75) is 33.4 Å². The molecule has 0 radical (unpaired) electrons. The minimum absolute atomic E-state index is 0.00479. The van der Waals surface area contributed by atoms with E-state index in [-0.39, 0.29) is 42.6 Å². The number of nitro groups is 1. The lowest BCUT2D eigenvalue weighted by molar-refractivity contribution is -0.384. The van der Waals surface area contributed by atoms with Crippen LogP contribution in [0.15, 0.2) is 77.0 Å². The number of nitro benzene ring substituents is 1. The van der Waals surface area contributed by atoms with Crippen LogP contribution in [-0.2, 0) is 20.9 Å². The lowest BCUT2D eigenvalue weighted by atomic mass is 9.95. The van der Waals surface area contributed by atoms with Gasteiger partial charge in [0.15, 0.2) is 29.6 Å². The molecule has 15 heteroatoms. The second-order valence-corrected chi connectivity index (χ2v) is 10.1. The summed E-state index contributed by atoms with van der Waals surface area (Å²) in [5, 5.41) is 20.2. The van der Waals surface area contributed by atoms with Crippen molar-refractivity contribution < 1.29 is 43.0 Å². The fourth-order valence-corrected chi connectivity index (χ4v) is 4.63. The molecule has 3 N–H and O–H groups in total. The van der Waals surface area contributed by atoms with Crippen molar-refractivity contribution in [3.8, 4) is 23.0 Å². The van der Waals surface area contributed by atoms with Gasteiger partial charge in [-0.05, 0) is 79.9 Å². The Bertz CT molecular complexity index is 1720. The summed E-state index contributed by atoms with van der Waals surface area (Å²) in [6.45, 7) is 5.47. The van der Waals surface area contributed by atoms with E-state index in [1.54, 1.807) is 62.4 Å². The number of hydrogen-bond donors (Lipinski definition) is 3. The van der Waals surface area contributed by atoms with Gasteiger partial charge in [0.1, 0.15) is 6.61 Å². The Hall–Kier alpha value is -6.12. The quantitative estimate of drug-likeness (QED) is 0.0917. The molecule has 0 unspecified atom stereocenters. The molecule has 0 saturated heterocycles. The zero-order chi connectivity index (χ0) is 34.6. The number of carbonyl (C=O) groups is 3. The Morgan fingerprint density at radius 3 is 2.38 bits per heavy atom. The van der Waals surface area contributed by atoms with Crippen LogP contribution < -0.4 is 35.0 Å². The molecule has 1 aliphatic heterocycles. The van der Waals surface area contributed by atoms with Gasteiger partial charge in [0, 0.05) is 17.8 Å². The number of carbonyl (C=O) groups excluding carboxylic acids is 3. The molecule has 0 bridgehead atoms. The first-order valence-corrected chi connectivity index (χ1v) is 14.8. The second kappa shape index (κ2) is 16.4. The first-order chi connectivity index (χ1) is 23.1. The van der Waals surface area contributed by atoms with Gasteiger partial charge in [0.2, 0.25) is 0 Å². The predicted octanol–water partition coefficient (Wildman–Crippen LogP) is 4.30. The number of ether oxygens (including phenoxy) is 5. The molecule has 0 saturated carbocycles. The van der Waals surface area contributed by atoms with Crippen molar-refractivity contribution in [3.63, 3.8) is 0 Å². The Morgan fingerprint density at radius 1 is 0.958 bits per heavy atom. The van der Waals surface area contributed by atoms with Crippen molar-refractivity contribution in [1.82, 2.24) is 16.1 Å². The number of methoxy groups -OCH3 is 1. The van der Waals surface area contributed by atoms with E-state index >= 15 is 0 Å². The minimum atomic E-state index is -0.794. The van der Waals surface area contributed by atoms with E-state index in [0.717, 1.165) is 5.56 Å². The SMILES string of the molecule is CCOC(=O)C1=C(C)NC(=O)N[C@H]1c1ccc(OCC(=O)N/N=C\c2ccc(OCc3ccc([N+](=O)[O-])cc3)c(OCC)c2)c(OC)c1. The number of non-ortho nitro benzene ring substituents is 1. The van der Waals surface area contributed by atoms with Crippen LogP contribution in [0.3, 0.4) is 0 Å². The minimum Gasteiger partial charge on any atom is -0.493 e. The number of benzene rings is 3. The molecule has 0 aliphatic carbocycles. The molecule has 252 valence electrons. The molecule has 0 aromatic heterocycles. The van der Waals surface area contributed by atoms with Crippen molar-refractivity contribution in [3.05, 3.63) is 98.7 Å². The van der Waals surface area contributed by atoms with E-state index in [1.807, 2.05) is 6.92 Å². The molecule has 3 aromatic carbocycles. The van der Waals surface area contributed by atoms with Crippen LogP contribution in [0.25, 0.3) is 0 Å². The normalized spacial score (nSPS) is 14.1. The number of esters is 1. The molecule has 3 amide bonds. The lowest BCUT2D eigenvalue weighted by Crippen LogP contribution is -2.45. The lowest BCUT2D eigenvalue weighted by Gasteiger charge is -2.28. The summed E-state index contributed by atoms with van der Waals surface area (Å²) >= 11 is 0. The van der Waals surface area contributed by atoms with E-state index in [0.29, 0.717) is 34.9 Å². The number of rotatable bonds is 15. The molecule has 1 atom stereocenters. The summed E-state index contributed by atoms with van der Waals surface area (Å²) in [5.74, 6) is 0.344. The zero-order valence-corrected chi connectivity index (χ0v) is 26.7. The third kappa shape index (κ3) is 8.99. The van der Waals surface area contributed by atoms with Crippen LogP contribution in [0.5, 0.6) is 23.0 Å². The predicted molar refractivity (Wildman–Crippen MR) is 173 cm³/mol. The van der Waals surface area contributed by atoms with Crippen molar-refractivity contribution in [1.29, 1.82) is 0 Å². The molecular formula is C33H35N5O10. The maximum atomic E-state index is 12.6. The molecule has 3 aromatic rings. The number of urea groups is 1. The first-order valence-electron chi connectivity index (χ1n) is 14.8. The average Bonchev–Trinajstić information content (AvgIpc) is 3.07. The molecule has 15 nitrogen and oxygen atoms in total. The molecular weight excluding hydrogens is 626 g/mol. The number of nitrogens with zero attached hydrogens (tertiary/aromatic N) is 2. The highest BCUT2D eigenvalue weighted by Gasteiger charge is 2.32. The van der Waals surface area contributed by atoms with E-state index in [2.05, 4.69) is 21.2 Å². The fourth-order valence-electron chi connectivity index (χ4n) is 4.63. The van der Waals surface area contributed by atoms with Crippen LogP contribution in [0, 0.1) is 10.1 Å². The smallest absolute Gasteiger partial charge is 0.338 e. The first kappa shape index (κ1) is 34.7. The van der Waals surface area contributed by atoms with Gasteiger partial charge in [-0.2, -0.15) is 5.10 Å². The maximum absolute atomic E-state index is 12.6. The van der Waals surface area contributed by atoms with Gasteiger partial charge in [-0.1, -0.05) is 6.07 Å². The number of nitrogens with one attached hydrogen (secondary N) is 3.